The third kappa shape index (κ3) is 3.87. The molecule has 1 aromatic rings. The summed E-state index contributed by atoms with van der Waals surface area (Å²) < 4.78 is 0. The highest BCUT2D eigenvalue weighted by molar-refractivity contribution is 6.45. The Morgan fingerprint density at radius 2 is 1.72 bits per heavy atom. The molecule has 134 valence electrons. The van der Waals surface area contributed by atoms with Crippen molar-refractivity contribution >= 4 is 23.8 Å². The number of hydrogen-bond acceptors (Lipinski definition) is 4. The van der Waals surface area contributed by atoms with Crippen molar-refractivity contribution in [1.29, 1.82) is 0 Å². The second kappa shape index (κ2) is 7.46. The van der Waals surface area contributed by atoms with Crippen molar-refractivity contribution < 1.29 is 19.2 Å². The Kier molecular flexibility index (Phi) is 5.56. The molecule has 7 heteroatoms. The van der Waals surface area contributed by atoms with E-state index in [2.05, 4.69) is 5.32 Å². The number of carbonyl (C=O) groups is 4. The Morgan fingerprint density at radius 1 is 1.08 bits per heavy atom. The van der Waals surface area contributed by atoms with E-state index in [-0.39, 0.29) is 12.6 Å². The maximum atomic E-state index is 12.2. The van der Waals surface area contributed by atoms with E-state index in [1.54, 1.807) is 6.92 Å². The average molecular weight is 345 g/mol. The summed E-state index contributed by atoms with van der Waals surface area (Å²) in [6.07, 6.45) is 0.550. The highest BCUT2D eigenvalue weighted by Gasteiger charge is 2.44. The maximum Gasteiger partial charge on any atom is 0.334 e. The van der Waals surface area contributed by atoms with Crippen LogP contribution in [0.25, 0.3) is 0 Å². The number of rotatable bonds is 6. The Balaban J connectivity index is 2.02. The first-order valence-corrected chi connectivity index (χ1v) is 8.30. The van der Waals surface area contributed by atoms with E-state index in [0.717, 1.165) is 21.6 Å². The molecule has 1 atom stereocenters. The Labute approximate surface area is 147 Å². The minimum Gasteiger partial charge on any atom is -0.348 e. The molecule has 1 heterocycles. The lowest BCUT2D eigenvalue weighted by molar-refractivity contribution is -0.144. The van der Waals surface area contributed by atoms with Crippen LogP contribution in [0.4, 0.5) is 4.79 Å². The fourth-order valence-corrected chi connectivity index (χ4v) is 2.66. The molecule has 1 aromatic carbocycles. The number of hydrogen-bond donors (Lipinski definition) is 1. The normalized spacial score (nSPS) is 15.8. The number of nitrogens with zero attached hydrogens (tertiary/aromatic N) is 2. The number of imide groups is 2. The summed E-state index contributed by atoms with van der Waals surface area (Å²) in [7, 11) is 0. The van der Waals surface area contributed by atoms with Gasteiger partial charge in [0.1, 0.15) is 6.54 Å². The van der Waals surface area contributed by atoms with Gasteiger partial charge in [-0.3, -0.25) is 19.3 Å². The predicted octanol–water partition coefficient (Wildman–Crippen LogP) is 1.68. The highest BCUT2D eigenvalue weighted by Crippen LogP contribution is 2.17. The summed E-state index contributed by atoms with van der Waals surface area (Å²) in [4.78, 5) is 49.6. The first kappa shape index (κ1) is 18.6. The third-order valence-corrected chi connectivity index (χ3v) is 4.29. The van der Waals surface area contributed by atoms with Gasteiger partial charge in [-0.15, -0.1) is 0 Å². The van der Waals surface area contributed by atoms with Gasteiger partial charge < -0.3 is 5.32 Å². The molecular formula is C18H23N3O4. The quantitative estimate of drug-likeness (QED) is 0.628. The zero-order valence-electron chi connectivity index (χ0n) is 15.0. The molecule has 1 saturated heterocycles. The molecule has 0 aromatic heterocycles. The van der Waals surface area contributed by atoms with Crippen molar-refractivity contribution in [3.05, 3.63) is 34.9 Å². The third-order valence-electron chi connectivity index (χ3n) is 4.29. The molecule has 1 fully saturated rings. The Morgan fingerprint density at radius 3 is 2.32 bits per heavy atom. The molecule has 2 rings (SSSR count). The second-order valence-electron chi connectivity index (χ2n) is 6.26. The molecule has 5 amide bonds. The smallest absolute Gasteiger partial charge is 0.334 e. The molecule has 1 aliphatic rings. The number of benzene rings is 1. The first-order chi connectivity index (χ1) is 11.8. The molecule has 0 spiro atoms. The van der Waals surface area contributed by atoms with Crippen LogP contribution in [0.2, 0.25) is 0 Å². The van der Waals surface area contributed by atoms with Crippen molar-refractivity contribution in [2.45, 2.75) is 40.2 Å². The minimum atomic E-state index is -0.951. The topological polar surface area (TPSA) is 86.8 Å². The van der Waals surface area contributed by atoms with Crippen LogP contribution >= 0.6 is 0 Å². The zero-order chi connectivity index (χ0) is 18.7. The van der Waals surface area contributed by atoms with Crippen LogP contribution in [-0.2, 0) is 14.4 Å². The summed E-state index contributed by atoms with van der Waals surface area (Å²) >= 11 is 0. The van der Waals surface area contributed by atoms with Crippen molar-refractivity contribution in [3.8, 4) is 0 Å². The standard InChI is InChI=1S/C18H23N3O4/c1-5-8-20-16(23)17(24)21(18(20)25)10-15(22)19-13(4)14-7-6-11(2)12(3)9-14/h6-7,9,13H,5,8,10H2,1-4H3,(H,19,22)/t13-/m1/s1. The first-order valence-electron chi connectivity index (χ1n) is 8.30. The molecule has 0 aliphatic carbocycles. The number of urea groups is 1. The van der Waals surface area contributed by atoms with Gasteiger partial charge in [0, 0.05) is 6.54 Å². The van der Waals surface area contributed by atoms with Gasteiger partial charge in [-0.05, 0) is 43.9 Å². The van der Waals surface area contributed by atoms with Crippen molar-refractivity contribution in [2.24, 2.45) is 0 Å². The number of nitrogens with one attached hydrogen (secondary N) is 1. The SMILES string of the molecule is CCCN1C(=O)C(=O)N(CC(=O)N[C@H](C)c2ccc(C)c(C)c2)C1=O. The van der Waals surface area contributed by atoms with Crippen LogP contribution in [0.15, 0.2) is 18.2 Å². The summed E-state index contributed by atoms with van der Waals surface area (Å²) in [5.41, 5.74) is 3.20. The van der Waals surface area contributed by atoms with E-state index in [0.29, 0.717) is 11.3 Å². The lowest BCUT2D eigenvalue weighted by Crippen LogP contribution is -2.42. The van der Waals surface area contributed by atoms with Crippen molar-refractivity contribution in [1.82, 2.24) is 15.1 Å². The van der Waals surface area contributed by atoms with Crippen LogP contribution in [0.5, 0.6) is 0 Å². The van der Waals surface area contributed by atoms with Crippen molar-refractivity contribution in [3.63, 3.8) is 0 Å². The van der Waals surface area contributed by atoms with E-state index >= 15 is 0 Å². The van der Waals surface area contributed by atoms with Gasteiger partial charge >= 0.3 is 17.8 Å². The Bertz CT molecular complexity index is 729. The molecular weight excluding hydrogens is 322 g/mol. The van der Waals surface area contributed by atoms with E-state index in [1.165, 1.54) is 0 Å². The largest absolute Gasteiger partial charge is 0.348 e. The van der Waals surface area contributed by atoms with E-state index in [4.69, 9.17) is 0 Å². The van der Waals surface area contributed by atoms with Crippen LogP contribution < -0.4 is 5.32 Å². The summed E-state index contributed by atoms with van der Waals surface area (Å²) in [6.45, 7) is 7.32. The van der Waals surface area contributed by atoms with Gasteiger partial charge in [0.25, 0.3) is 0 Å². The van der Waals surface area contributed by atoms with E-state index in [9.17, 15) is 19.2 Å². The monoisotopic (exact) mass is 345 g/mol. The number of carbonyl (C=O) groups excluding carboxylic acids is 4. The van der Waals surface area contributed by atoms with Gasteiger partial charge in [0.15, 0.2) is 0 Å². The van der Waals surface area contributed by atoms with Crippen molar-refractivity contribution in [2.75, 3.05) is 13.1 Å². The van der Waals surface area contributed by atoms with Gasteiger partial charge in [-0.25, -0.2) is 9.69 Å². The van der Waals surface area contributed by atoms with E-state index < -0.39 is 30.3 Å². The highest BCUT2D eigenvalue weighted by atomic mass is 16.2. The zero-order valence-corrected chi connectivity index (χ0v) is 15.0. The molecule has 25 heavy (non-hydrogen) atoms. The fourth-order valence-electron chi connectivity index (χ4n) is 2.66. The summed E-state index contributed by atoms with van der Waals surface area (Å²) in [5.74, 6) is -2.31. The molecule has 0 saturated carbocycles. The number of aryl methyl sites for hydroxylation is 2. The lowest BCUT2D eigenvalue weighted by atomic mass is 10.0. The average Bonchev–Trinajstić information content (AvgIpc) is 2.75. The van der Waals surface area contributed by atoms with Gasteiger partial charge in [-0.2, -0.15) is 0 Å². The summed E-state index contributed by atoms with van der Waals surface area (Å²) in [6, 6.07) is 4.88. The van der Waals surface area contributed by atoms with E-state index in [1.807, 2.05) is 39.0 Å². The molecule has 7 nitrogen and oxygen atoms in total. The minimum absolute atomic E-state index is 0.167. The molecule has 0 unspecified atom stereocenters. The molecule has 1 N–H and O–H groups in total. The maximum absolute atomic E-state index is 12.2. The lowest BCUT2D eigenvalue weighted by Gasteiger charge is -2.18. The van der Waals surface area contributed by atoms with Crippen LogP contribution in [0.1, 0.15) is 43.0 Å². The van der Waals surface area contributed by atoms with Gasteiger partial charge in [0.05, 0.1) is 6.04 Å². The van der Waals surface area contributed by atoms with Crippen LogP contribution in [0.3, 0.4) is 0 Å². The molecule has 0 bridgehead atoms. The Hall–Kier alpha value is -2.70. The summed E-state index contributed by atoms with van der Waals surface area (Å²) in [5, 5.41) is 2.76. The molecule has 1 aliphatic heterocycles. The predicted molar refractivity (Wildman–Crippen MR) is 91.6 cm³/mol. The number of amides is 5. The van der Waals surface area contributed by atoms with Gasteiger partial charge in [0.2, 0.25) is 5.91 Å². The fraction of sp³-hybridized carbons (Fsp3) is 0.444. The van der Waals surface area contributed by atoms with Crippen LogP contribution in [-0.4, -0.2) is 46.6 Å². The second-order valence-corrected chi connectivity index (χ2v) is 6.26. The van der Waals surface area contributed by atoms with Crippen LogP contribution in [0, 0.1) is 13.8 Å². The molecule has 0 radical (unpaired) electrons. The van der Waals surface area contributed by atoms with Gasteiger partial charge in [-0.1, -0.05) is 25.1 Å².